The quantitative estimate of drug-likeness (QED) is 0.176. The fraction of sp³-hybridized carbons (Fsp3) is 0. The second kappa shape index (κ2) is 12.3. The number of aromatic nitrogens is 4. The number of benzene rings is 8. The lowest BCUT2D eigenvalue weighted by Gasteiger charge is -2.09. The molecule has 0 aliphatic carbocycles. The minimum absolute atomic E-state index is 0.578. The van der Waals surface area contributed by atoms with Gasteiger partial charge in [0.15, 0.2) is 23.1 Å². The van der Waals surface area contributed by atoms with Crippen LogP contribution in [0.2, 0.25) is 0 Å². The molecule has 0 N–H and O–H groups in total. The van der Waals surface area contributed by atoms with Crippen molar-refractivity contribution in [2.75, 3.05) is 0 Å². The zero-order chi connectivity index (χ0) is 37.5. The lowest BCUT2D eigenvalue weighted by Crippen LogP contribution is -2.00. The average molecular weight is 731 g/mol. The minimum atomic E-state index is 0.578. The van der Waals surface area contributed by atoms with Crippen molar-refractivity contribution in [2.24, 2.45) is 0 Å². The minimum Gasteiger partial charge on any atom is -0.456 e. The molecular formula is C51H30N4O2. The molecule has 6 heteroatoms. The molecule has 0 aliphatic rings. The number of furan rings is 2. The van der Waals surface area contributed by atoms with Crippen molar-refractivity contribution in [3.05, 3.63) is 182 Å². The SMILES string of the molecule is c1ccc(-c2ccc(-c3nc(-c4ccccc4)nc(-c4ccc5c(c4)oc4ccc(-n6c7ccccc7c7ccc8c9ccccc9oc8c76)cc45)n3)cc2)cc1. The smallest absolute Gasteiger partial charge is 0.164 e. The summed E-state index contributed by atoms with van der Waals surface area (Å²) >= 11 is 0. The Labute approximate surface area is 325 Å². The summed E-state index contributed by atoms with van der Waals surface area (Å²) in [6.07, 6.45) is 0. The predicted molar refractivity (Wildman–Crippen MR) is 230 cm³/mol. The van der Waals surface area contributed by atoms with Crippen LogP contribution in [0.25, 0.3) is 117 Å². The summed E-state index contributed by atoms with van der Waals surface area (Å²) in [5, 5.41) is 6.58. The zero-order valence-electron chi connectivity index (χ0n) is 30.4. The molecule has 4 aromatic heterocycles. The molecule has 12 rings (SSSR count). The van der Waals surface area contributed by atoms with Gasteiger partial charge >= 0.3 is 0 Å². The third-order valence-electron chi connectivity index (χ3n) is 11.1. The maximum Gasteiger partial charge on any atom is 0.164 e. The number of hydrogen-bond acceptors (Lipinski definition) is 5. The topological polar surface area (TPSA) is 69.9 Å². The largest absolute Gasteiger partial charge is 0.456 e. The summed E-state index contributed by atoms with van der Waals surface area (Å²) in [5.41, 5.74) is 11.5. The van der Waals surface area contributed by atoms with Gasteiger partial charge < -0.3 is 13.4 Å². The molecule has 57 heavy (non-hydrogen) atoms. The molecule has 0 saturated heterocycles. The molecule has 8 aromatic carbocycles. The standard InChI is InChI=1S/C51H30N4O2/c1-3-11-31(12-4-1)32-19-21-34(22-20-32)50-52-49(33-13-5-2-6-14-33)53-51(54-50)35-23-25-39-42-30-36(24-28-45(42)56-46(39)29-35)55-43-17-9-7-15-37(43)40-26-27-41-38-16-8-10-18-44(38)57-48(41)47(40)55/h1-30H. The number of para-hydroxylation sites is 2. The van der Waals surface area contributed by atoms with Gasteiger partial charge in [-0.1, -0.05) is 133 Å². The molecule has 0 radical (unpaired) electrons. The van der Waals surface area contributed by atoms with Crippen molar-refractivity contribution in [1.82, 2.24) is 19.5 Å². The second-order valence-corrected chi connectivity index (χ2v) is 14.4. The van der Waals surface area contributed by atoms with Crippen molar-refractivity contribution in [3.8, 4) is 51.0 Å². The Morgan fingerprint density at radius 2 is 0.877 bits per heavy atom. The van der Waals surface area contributed by atoms with Gasteiger partial charge in [0.2, 0.25) is 0 Å². The lowest BCUT2D eigenvalue weighted by atomic mass is 10.0. The van der Waals surface area contributed by atoms with Gasteiger partial charge in [0, 0.05) is 54.7 Å². The Balaban J connectivity index is 0.998. The molecule has 0 amide bonds. The van der Waals surface area contributed by atoms with Crippen molar-refractivity contribution < 1.29 is 8.83 Å². The van der Waals surface area contributed by atoms with E-state index >= 15 is 0 Å². The Morgan fingerprint density at radius 3 is 1.67 bits per heavy atom. The van der Waals surface area contributed by atoms with Crippen LogP contribution in [-0.2, 0) is 0 Å². The van der Waals surface area contributed by atoms with E-state index in [1.165, 1.54) is 5.39 Å². The van der Waals surface area contributed by atoms with Gasteiger partial charge in [-0.3, -0.25) is 0 Å². The van der Waals surface area contributed by atoms with Gasteiger partial charge in [-0.25, -0.2) is 15.0 Å². The highest BCUT2D eigenvalue weighted by Gasteiger charge is 2.20. The van der Waals surface area contributed by atoms with Crippen LogP contribution in [-0.4, -0.2) is 19.5 Å². The van der Waals surface area contributed by atoms with E-state index in [0.717, 1.165) is 93.8 Å². The van der Waals surface area contributed by atoms with E-state index in [-0.39, 0.29) is 0 Å². The van der Waals surface area contributed by atoms with Gasteiger partial charge in [-0.2, -0.15) is 0 Å². The normalized spacial score (nSPS) is 11.9. The van der Waals surface area contributed by atoms with E-state index in [9.17, 15) is 0 Å². The fourth-order valence-corrected chi connectivity index (χ4v) is 8.34. The maximum atomic E-state index is 6.60. The molecule has 0 atom stereocenters. The monoisotopic (exact) mass is 730 g/mol. The number of rotatable bonds is 5. The summed E-state index contributed by atoms with van der Waals surface area (Å²) in [6, 6.07) is 62.7. The molecule has 6 nitrogen and oxygen atoms in total. The number of hydrogen-bond donors (Lipinski definition) is 0. The molecule has 0 aliphatic heterocycles. The summed E-state index contributed by atoms with van der Waals surface area (Å²) in [4.78, 5) is 15.0. The molecular weight excluding hydrogens is 701 g/mol. The van der Waals surface area contributed by atoms with Gasteiger partial charge in [0.1, 0.15) is 16.7 Å². The van der Waals surface area contributed by atoms with Crippen LogP contribution in [0, 0.1) is 0 Å². The summed E-state index contributed by atoms with van der Waals surface area (Å²) in [7, 11) is 0. The van der Waals surface area contributed by atoms with Crippen molar-refractivity contribution >= 4 is 65.7 Å². The van der Waals surface area contributed by atoms with E-state index in [4.69, 9.17) is 23.8 Å². The fourth-order valence-electron chi connectivity index (χ4n) is 8.34. The molecule has 12 aromatic rings. The van der Waals surface area contributed by atoms with Gasteiger partial charge in [-0.05, 0) is 59.7 Å². The number of nitrogens with zero attached hydrogens (tertiary/aromatic N) is 4. The molecule has 266 valence electrons. The van der Waals surface area contributed by atoms with Gasteiger partial charge in [0.05, 0.1) is 11.0 Å². The highest BCUT2D eigenvalue weighted by Crippen LogP contribution is 2.41. The Bertz CT molecular complexity index is 3510. The van der Waals surface area contributed by atoms with Crippen molar-refractivity contribution in [3.63, 3.8) is 0 Å². The average Bonchev–Trinajstić information content (AvgIpc) is 3.96. The predicted octanol–water partition coefficient (Wildman–Crippen LogP) is 13.4. The zero-order valence-corrected chi connectivity index (χ0v) is 30.4. The first-order valence-electron chi connectivity index (χ1n) is 19.0. The van der Waals surface area contributed by atoms with Crippen molar-refractivity contribution in [2.45, 2.75) is 0 Å². The van der Waals surface area contributed by atoms with E-state index in [2.05, 4.69) is 132 Å². The summed E-state index contributed by atoms with van der Waals surface area (Å²) in [5.74, 6) is 1.80. The first-order chi connectivity index (χ1) is 28.2. The molecule has 0 spiro atoms. The van der Waals surface area contributed by atoms with Crippen molar-refractivity contribution in [1.29, 1.82) is 0 Å². The van der Waals surface area contributed by atoms with E-state index in [1.54, 1.807) is 0 Å². The molecule has 0 unspecified atom stereocenters. The molecule has 0 saturated carbocycles. The van der Waals surface area contributed by atoms with Crippen LogP contribution in [0.5, 0.6) is 0 Å². The third kappa shape index (κ3) is 5.01. The first-order valence-corrected chi connectivity index (χ1v) is 19.0. The molecule has 0 bridgehead atoms. The van der Waals surface area contributed by atoms with Gasteiger partial charge in [-0.15, -0.1) is 0 Å². The Kier molecular flexibility index (Phi) is 6.83. The van der Waals surface area contributed by atoms with Crippen LogP contribution >= 0.6 is 0 Å². The van der Waals surface area contributed by atoms with Crippen LogP contribution in [0.4, 0.5) is 0 Å². The van der Waals surface area contributed by atoms with Crippen LogP contribution in [0.3, 0.4) is 0 Å². The molecule has 0 fully saturated rings. The maximum absolute atomic E-state index is 6.60. The Morgan fingerprint density at radius 1 is 0.333 bits per heavy atom. The van der Waals surface area contributed by atoms with Gasteiger partial charge in [0.25, 0.3) is 0 Å². The highest BCUT2D eigenvalue weighted by atomic mass is 16.3. The Hall–Kier alpha value is -7.83. The van der Waals surface area contributed by atoms with E-state index < -0.39 is 0 Å². The van der Waals surface area contributed by atoms with E-state index in [0.29, 0.717) is 17.5 Å². The lowest BCUT2D eigenvalue weighted by molar-refractivity contribution is 0.669. The van der Waals surface area contributed by atoms with Crippen LogP contribution < -0.4 is 0 Å². The highest BCUT2D eigenvalue weighted by molar-refractivity contribution is 6.21. The summed E-state index contributed by atoms with van der Waals surface area (Å²) in [6.45, 7) is 0. The molecule has 4 heterocycles. The second-order valence-electron chi connectivity index (χ2n) is 14.4. The number of fused-ring (bicyclic) bond motifs is 10. The van der Waals surface area contributed by atoms with Crippen LogP contribution in [0.1, 0.15) is 0 Å². The first kappa shape index (κ1) is 31.5. The van der Waals surface area contributed by atoms with Crippen LogP contribution in [0.15, 0.2) is 191 Å². The third-order valence-corrected chi connectivity index (χ3v) is 11.1. The van der Waals surface area contributed by atoms with E-state index in [1.807, 2.05) is 54.6 Å². The summed E-state index contributed by atoms with van der Waals surface area (Å²) < 4.78 is 15.5.